The van der Waals surface area contributed by atoms with Crippen molar-refractivity contribution in [3.63, 3.8) is 0 Å². The van der Waals surface area contributed by atoms with Gasteiger partial charge in [-0.1, -0.05) is 36.4 Å². The third kappa shape index (κ3) is 4.28. The molecule has 0 aromatic heterocycles. The quantitative estimate of drug-likeness (QED) is 0.809. The van der Waals surface area contributed by atoms with E-state index < -0.39 is 0 Å². The van der Waals surface area contributed by atoms with Gasteiger partial charge in [0.2, 0.25) is 0 Å². The molecule has 0 radical (unpaired) electrons. The average Bonchev–Trinajstić information content (AvgIpc) is 2.72. The second-order valence-corrected chi connectivity index (χ2v) is 7.48. The van der Waals surface area contributed by atoms with Crippen LogP contribution in [0.15, 0.2) is 48.5 Å². The van der Waals surface area contributed by atoms with Crippen molar-refractivity contribution >= 4 is 0 Å². The summed E-state index contributed by atoms with van der Waals surface area (Å²) in [6.07, 6.45) is 2.61. The summed E-state index contributed by atoms with van der Waals surface area (Å²) < 4.78 is 10.7. The Kier molecular flexibility index (Phi) is 6.40. The van der Waals surface area contributed by atoms with Gasteiger partial charge in [0.15, 0.2) is 11.5 Å². The van der Waals surface area contributed by atoms with E-state index in [1.165, 1.54) is 11.1 Å². The van der Waals surface area contributed by atoms with Crippen molar-refractivity contribution in [1.29, 1.82) is 0 Å². The highest BCUT2D eigenvalue weighted by atomic mass is 16.5. The van der Waals surface area contributed by atoms with Crippen LogP contribution in [0.25, 0.3) is 0 Å². The lowest BCUT2D eigenvalue weighted by molar-refractivity contribution is 0.0421. The molecule has 4 heteroatoms. The normalized spacial score (nSPS) is 18.1. The van der Waals surface area contributed by atoms with Gasteiger partial charge in [0.05, 0.1) is 20.3 Å². The van der Waals surface area contributed by atoms with Gasteiger partial charge < -0.3 is 19.5 Å². The van der Waals surface area contributed by atoms with E-state index in [9.17, 15) is 5.11 Å². The molecule has 3 rings (SSSR count). The van der Waals surface area contributed by atoms with E-state index in [1.807, 2.05) is 19.1 Å². The van der Waals surface area contributed by atoms with Crippen LogP contribution < -0.4 is 9.47 Å². The summed E-state index contributed by atoms with van der Waals surface area (Å²) in [6, 6.07) is 16.6. The number of nitrogens with zero attached hydrogens (tertiary/aromatic N) is 1. The number of ether oxygens (including phenoxy) is 2. The van der Waals surface area contributed by atoms with E-state index in [0.29, 0.717) is 0 Å². The molecule has 1 fully saturated rings. The molecular formula is C23H31NO3. The molecule has 1 aliphatic rings. The number of hydrogen-bond acceptors (Lipinski definition) is 4. The number of rotatable bonds is 7. The van der Waals surface area contributed by atoms with E-state index >= 15 is 0 Å². The topological polar surface area (TPSA) is 41.9 Å². The molecule has 1 N–H and O–H groups in total. The molecule has 1 atom stereocenters. The SMILES string of the molecule is COc1ccc(CCN2CCC(c3ccccc3)(C(C)O)CC2)cc1OC. The summed E-state index contributed by atoms with van der Waals surface area (Å²) in [5, 5.41) is 10.5. The van der Waals surface area contributed by atoms with E-state index in [2.05, 4.69) is 41.3 Å². The first-order valence-electron chi connectivity index (χ1n) is 9.76. The Morgan fingerprint density at radius 1 is 1.00 bits per heavy atom. The van der Waals surface area contributed by atoms with Crippen LogP contribution >= 0.6 is 0 Å². The van der Waals surface area contributed by atoms with E-state index in [4.69, 9.17) is 9.47 Å². The Balaban J connectivity index is 1.61. The molecule has 0 bridgehead atoms. The van der Waals surface area contributed by atoms with Gasteiger partial charge in [-0.2, -0.15) is 0 Å². The van der Waals surface area contributed by atoms with Crippen molar-refractivity contribution < 1.29 is 14.6 Å². The van der Waals surface area contributed by atoms with Crippen molar-refractivity contribution in [2.75, 3.05) is 33.9 Å². The number of aliphatic hydroxyl groups excluding tert-OH is 1. The van der Waals surface area contributed by atoms with Crippen LogP contribution in [0.4, 0.5) is 0 Å². The van der Waals surface area contributed by atoms with Crippen molar-refractivity contribution in [3.05, 3.63) is 59.7 Å². The maximum Gasteiger partial charge on any atom is 0.160 e. The van der Waals surface area contributed by atoms with Crippen molar-refractivity contribution in [2.45, 2.75) is 37.7 Å². The molecular weight excluding hydrogens is 338 g/mol. The maximum atomic E-state index is 10.5. The first-order chi connectivity index (χ1) is 13.1. The second-order valence-electron chi connectivity index (χ2n) is 7.48. The summed E-state index contributed by atoms with van der Waals surface area (Å²) in [5.74, 6) is 1.55. The monoisotopic (exact) mass is 369 g/mol. The highest BCUT2D eigenvalue weighted by Gasteiger charge is 2.39. The first-order valence-corrected chi connectivity index (χ1v) is 9.76. The lowest BCUT2D eigenvalue weighted by atomic mass is 9.69. The largest absolute Gasteiger partial charge is 0.493 e. The maximum absolute atomic E-state index is 10.5. The standard InChI is InChI=1S/C23H31NO3/c1-18(25)23(20-7-5-4-6-8-20)12-15-24(16-13-23)14-11-19-9-10-21(26-2)22(17-19)27-3/h4-10,17-18,25H,11-16H2,1-3H3. The molecule has 0 spiro atoms. The van der Waals surface area contributed by atoms with Crippen molar-refractivity contribution in [2.24, 2.45) is 0 Å². The number of aliphatic hydroxyl groups is 1. The number of piperidine rings is 1. The highest BCUT2D eigenvalue weighted by Crippen LogP contribution is 2.38. The third-order valence-electron chi connectivity index (χ3n) is 6.06. The van der Waals surface area contributed by atoms with E-state index in [0.717, 1.165) is 50.4 Å². The summed E-state index contributed by atoms with van der Waals surface area (Å²) in [4.78, 5) is 2.50. The van der Waals surface area contributed by atoms with Gasteiger partial charge in [0.1, 0.15) is 0 Å². The van der Waals surface area contributed by atoms with Gasteiger partial charge in [0.25, 0.3) is 0 Å². The Morgan fingerprint density at radius 2 is 1.67 bits per heavy atom. The fourth-order valence-corrected chi connectivity index (χ4v) is 4.22. The van der Waals surface area contributed by atoms with E-state index in [-0.39, 0.29) is 11.5 Å². The number of methoxy groups -OCH3 is 2. The van der Waals surface area contributed by atoms with E-state index in [1.54, 1.807) is 14.2 Å². The van der Waals surface area contributed by atoms with Crippen molar-refractivity contribution in [3.8, 4) is 11.5 Å². The van der Waals surface area contributed by atoms with Gasteiger partial charge in [-0.3, -0.25) is 0 Å². The van der Waals surface area contributed by atoms with Gasteiger partial charge in [-0.05, 0) is 62.5 Å². The lowest BCUT2D eigenvalue weighted by Gasteiger charge is -2.44. The minimum absolute atomic E-state index is 0.124. The Bertz CT molecular complexity index is 722. The van der Waals surface area contributed by atoms with Crippen LogP contribution in [0, 0.1) is 0 Å². The molecule has 2 aromatic carbocycles. The Hall–Kier alpha value is -2.04. The van der Waals surface area contributed by atoms with Gasteiger partial charge in [0, 0.05) is 12.0 Å². The van der Waals surface area contributed by atoms with Crippen LogP contribution in [-0.2, 0) is 11.8 Å². The molecule has 27 heavy (non-hydrogen) atoms. The fourth-order valence-electron chi connectivity index (χ4n) is 4.22. The predicted molar refractivity (Wildman–Crippen MR) is 109 cm³/mol. The van der Waals surface area contributed by atoms with Gasteiger partial charge in [-0.25, -0.2) is 0 Å². The van der Waals surface area contributed by atoms with Crippen LogP contribution in [0.1, 0.15) is 30.9 Å². The van der Waals surface area contributed by atoms with Crippen LogP contribution in [0.3, 0.4) is 0 Å². The fraction of sp³-hybridized carbons (Fsp3) is 0.478. The number of benzene rings is 2. The lowest BCUT2D eigenvalue weighted by Crippen LogP contribution is -2.48. The molecule has 4 nitrogen and oxygen atoms in total. The van der Waals surface area contributed by atoms with Crippen LogP contribution in [0.2, 0.25) is 0 Å². The molecule has 1 unspecified atom stereocenters. The first kappa shape index (κ1) is 19.7. The number of hydrogen-bond donors (Lipinski definition) is 1. The smallest absolute Gasteiger partial charge is 0.160 e. The third-order valence-corrected chi connectivity index (χ3v) is 6.06. The highest BCUT2D eigenvalue weighted by molar-refractivity contribution is 5.43. The predicted octanol–water partition coefficient (Wildman–Crippen LogP) is 3.66. The summed E-state index contributed by atoms with van der Waals surface area (Å²) >= 11 is 0. The molecule has 0 amide bonds. The van der Waals surface area contributed by atoms with Gasteiger partial charge in [-0.15, -0.1) is 0 Å². The second kappa shape index (κ2) is 8.77. The van der Waals surface area contributed by atoms with Crippen molar-refractivity contribution in [1.82, 2.24) is 4.90 Å². The molecule has 2 aromatic rings. The average molecular weight is 370 g/mol. The zero-order valence-electron chi connectivity index (χ0n) is 16.6. The molecule has 1 aliphatic heterocycles. The Labute approximate surface area is 162 Å². The van der Waals surface area contributed by atoms with Crippen LogP contribution in [-0.4, -0.2) is 50.0 Å². The molecule has 1 heterocycles. The number of likely N-dealkylation sites (tertiary alicyclic amines) is 1. The molecule has 146 valence electrons. The molecule has 0 saturated carbocycles. The Morgan fingerprint density at radius 3 is 2.26 bits per heavy atom. The molecule has 0 aliphatic carbocycles. The zero-order chi connectivity index (χ0) is 19.3. The molecule has 1 saturated heterocycles. The zero-order valence-corrected chi connectivity index (χ0v) is 16.6. The summed E-state index contributed by atoms with van der Waals surface area (Å²) in [5.41, 5.74) is 2.39. The minimum Gasteiger partial charge on any atom is -0.493 e. The minimum atomic E-state index is -0.340. The van der Waals surface area contributed by atoms with Gasteiger partial charge >= 0.3 is 0 Å². The summed E-state index contributed by atoms with van der Waals surface area (Å²) in [7, 11) is 3.33. The van der Waals surface area contributed by atoms with Crippen LogP contribution in [0.5, 0.6) is 11.5 Å². The summed E-state index contributed by atoms with van der Waals surface area (Å²) in [6.45, 7) is 4.96.